The van der Waals surface area contributed by atoms with E-state index in [0.717, 1.165) is 46.5 Å². The molecular weight excluding hydrogens is 394 g/mol. The van der Waals surface area contributed by atoms with Crippen molar-refractivity contribution in [2.45, 2.75) is 47.0 Å². The Morgan fingerprint density at radius 1 is 1.03 bits per heavy atom. The number of nitrogens with zero attached hydrogens (tertiary/aromatic N) is 1. The maximum atomic E-state index is 13.0. The Balaban J connectivity index is 1.59. The zero-order chi connectivity index (χ0) is 22.1. The molecule has 0 saturated heterocycles. The molecule has 0 bridgehead atoms. The summed E-state index contributed by atoms with van der Waals surface area (Å²) >= 11 is 0. The van der Waals surface area contributed by atoms with Crippen molar-refractivity contribution >= 4 is 23.2 Å². The van der Waals surface area contributed by atoms with Crippen molar-refractivity contribution < 1.29 is 18.4 Å². The fraction of sp³-hybridized carbons (Fsp3) is 0.292. The van der Waals surface area contributed by atoms with Crippen LogP contribution in [0.2, 0.25) is 0 Å². The van der Waals surface area contributed by atoms with Crippen molar-refractivity contribution in [3.8, 4) is 0 Å². The molecule has 2 amide bonds. The van der Waals surface area contributed by atoms with E-state index in [1.165, 1.54) is 6.26 Å². The zero-order valence-corrected chi connectivity index (χ0v) is 18.1. The molecule has 0 unspecified atom stereocenters. The van der Waals surface area contributed by atoms with Crippen LogP contribution in [0.3, 0.4) is 0 Å². The molecule has 2 aromatic heterocycles. The summed E-state index contributed by atoms with van der Waals surface area (Å²) in [5.74, 6) is 0.907. The first-order valence-corrected chi connectivity index (χ1v) is 10.3. The zero-order valence-electron chi connectivity index (χ0n) is 18.1. The van der Waals surface area contributed by atoms with Crippen LogP contribution < -0.4 is 10.7 Å². The number of benzene rings is 1. The van der Waals surface area contributed by atoms with Gasteiger partial charge >= 0.3 is 0 Å². The largest absolute Gasteiger partial charge is 0.469 e. The second-order valence-electron chi connectivity index (χ2n) is 7.87. The molecule has 0 aliphatic heterocycles. The van der Waals surface area contributed by atoms with Crippen molar-refractivity contribution in [1.82, 2.24) is 5.43 Å². The topological polar surface area (TPSA) is 96.8 Å². The van der Waals surface area contributed by atoms with Crippen molar-refractivity contribution in [1.29, 1.82) is 0 Å². The van der Waals surface area contributed by atoms with Gasteiger partial charge in [-0.2, -0.15) is 5.10 Å². The highest BCUT2D eigenvalue weighted by molar-refractivity contribution is 6.09. The molecule has 0 atom stereocenters. The SMILES string of the molecule is Cc1ccc(C)c(NC(=O)c2oc3c(c2C)/C(=N/NC(=O)c2ccoc2C)CCC3)c1. The molecule has 0 spiro atoms. The number of rotatable bonds is 4. The summed E-state index contributed by atoms with van der Waals surface area (Å²) < 4.78 is 11.1. The molecule has 2 heterocycles. The molecule has 0 fully saturated rings. The third-order valence-electron chi connectivity index (χ3n) is 5.57. The van der Waals surface area contributed by atoms with Gasteiger partial charge in [-0.05, 0) is 63.8 Å². The smallest absolute Gasteiger partial charge is 0.291 e. The third kappa shape index (κ3) is 4.03. The molecule has 7 heteroatoms. The number of fused-ring (bicyclic) bond motifs is 1. The molecule has 1 aliphatic carbocycles. The average molecular weight is 419 g/mol. The average Bonchev–Trinajstić information content (AvgIpc) is 3.32. The number of hydrogen-bond donors (Lipinski definition) is 2. The Morgan fingerprint density at radius 3 is 2.58 bits per heavy atom. The van der Waals surface area contributed by atoms with Crippen LogP contribution in [0.25, 0.3) is 0 Å². The van der Waals surface area contributed by atoms with Gasteiger partial charge in [0.05, 0.1) is 17.5 Å². The van der Waals surface area contributed by atoms with Crippen LogP contribution in [0.5, 0.6) is 0 Å². The highest BCUT2D eigenvalue weighted by Gasteiger charge is 2.28. The third-order valence-corrected chi connectivity index (χ3v) is 5.57. The molecule has 0 saturated carbocycles. The number of amides is 2. The molecule has 31 heavy (non-hydrogen) atoms. The van der Waals surface area contributed by atoms with E-state index in [2.05, 4.69) is 15.8 Å². The van der Waals surface area contributed by atoms with Crippen LogP contribution in [0.15, 0.2) is 44.5 Å². The number of carbonyl (C=O) groups excluding carboxylic acids is 2. The fourth-order valence-corrected chi connectivity index (χ4v) is 3.85. The van der Waals surface area contributed by atoms with Gasteiger partial charge in [0, 0.05) is 23.2 Å². The molecule has 1 aliphatic rings. The van der Waals surface area contributed by atoms with Gasteiger partial charge in [-0.15, -0.1) is 0 Å². The number of hydrogen-bond acceptors (Lipinski definition) is 5. The normalized spacial score (nSPS) is 14.4. The number of hydrazone groups is 1. The van der Waals surface area contributed by atoms with Crippen LogP contribution in [0, 0.1) is 27.7 Å². The fourth-order valence-electron chi connectivity index (χ4n) is 3.85. The summed E-state index contributed by atoms with van der Waals surface area (Å²) in [6.07, 6.45) is 3.71. The van der Waals surface area contributed by atoms with Crippen molar-refractivity contribution in [3.63, 3.8) is 0 Å². The van der Waals surface area contributed by atoms with Gasteiger partial charge < -0.3 is 14.2 Å². The predicted molar refractivity (Wildman–Crippen MR) is 118 cm³/mol. The number of furan rings is 2. The Kier molecular flexibility index (Phi) is 5.50. The molecule has 0 radical (unpaired) electrons. The lowest BCUT2D eigenvalue weighted by atomic mass is 9.93. The van der Waals surface area contributed by atoms with Crippen LogP contribution in [-0.2, 0) is 6.42 Å². The van der Waals surface area contributed by atoms with Gasteiger partial charge in [0.25, 0.3) is 11.8 Å². The van der Waals surface area contributed by atoms with E-state index >= 15 is 0 Å². The van der Waals surface area contributed by atoms with E-state index in [0.29, 0.717) is 23.5 Å². The summed E-state index contributed by atoms with van der Waals surface area (Å²) in [7, 11) is 0. The lowest BCUT2D eigenvalue weighted by Gasteiger charge is -2.13. The van der Waals surface area contributed by atoms with E-state index in [1.807, 2.05) is 39.0 Å². The summed E-state index contributed by atoms with van der Waals surface area (Å²) in [5, 5.41) is 7.30. The van der Waals surface area contributed by atoms with Crippen molar-refractivity contribution in [3.05, 3.63) is 75.6 Å². The summed E-state index contributed by atoms with van der Waals surface area (Å²) in [5.41, 5.74) is 8.09. The van der Waals surface area contributed by atoms with Gasteiger partial charge in [-0.25, -0.2) is 5.43 Å². The first-order valence-electron chi connectivity index (χ1n) is 10.3. The monoisotopic (exact) mass is 419 g/mol. The van der Waals surface area contributed by atoms with E-state index in [9.17, 15) is 9.59 Å². The Hall–Kier alpha value is -3.61. The van der Waals surface area contributed by atoms with E-state index in [1.54, 1.807) is 13.0 Å². The van der Waals surface area contributed by atoms with Gasteiger partial charge in [0.15, 0.2) is 5.76 Å². The van der Waals surface area contributed by atoms with Gasteiger partial charge in [-0.3, -0.25) is 9.59 Å². The van der Waals surface area contributed by atoms with Crippen LogP contribution in [0.1, 0.15) is 67.5 Å². The van der Waals surface area contributed by atoms with E-state index in [4.69, 9.17) is 8.83 Å². The highest BCUT2D eigenvalue weighted by atomic mass is 16.4. The lowest BCUT2D eigenvalue weighted by molar-refractivity contribution is 0.0952. The number of anilines is 1. The summed E-state index contributed by atoms with van der Waals surface area (Å²) in [4.78, 5) is 25.3. The van der Waals surface area contributed by atoms with E-state index in [-0.39, 0.29) is 17.6 Å². The maximum absolute atomic E-state index is 13.0. The number of aryl methyl sites for hydroxylation is 4. The molecule has 7 nitrogen and oxygen atoms in total. The first-order chi connectivity index (χ1) is 14.8. The molecule has 3 aromatic rings. The quantitative estimate of drug-likeness (QED) is 0.592. The Bertz CT molecular complexity index is 1200. The second-order valence-corrected chi connectivity index (χ2v) is 7.87. The Labute approximate surface area is 180 Å². The van der Waals surface area contributed by atoms with Gasteiger partial charge in [0.1, 0.15) is 11.5 Å². The standard InChI is InChI=1S/C24H25N3O4/c1-13-8-9-14(2)19(12-13)25-24(29)22-15(3)21-18(6-5-7-20(21)31-22)26-27-23(28)17-10-11-30-16(17)4/h8-12H,5-7H2,1-4H3,(H,25,29)(H,27,28)/b26-18+. The summed E-state index contributed by atoms with van der Waals surface area (Å²) in [6, 6.07) is 7.52. The Morgan fingerprint density at radius 2 is 1.84 bits per heavy atom. The van der Waals surface area contributed by atoms with Crippen LogP contribution >= 0.6 is 0 Å². The first kappa shape index (κ1) is 20.7. The minimum atomic E-state index is -0.333. The molecule has 160 valence electrons. The maximum Gasteiger partial charge on any atom is 0.291 e. The van der Waals surface area contributed by atoms with Crippen LogP contribution in [0.4, 0.5) is 5.69 Å². The predicted octanol–water partition coefficient (Wildman–Crippen LogP) is 4.83. The minimum absolute atomic E-state index is 0.275. The molecular formula is C24H25N3O4. The second kappa shape index (κ2) is 8.26. The van der Waals surface area contributed by atoms with Crippen LogP contribution in [-0.4, -0.2) is 17.5 Å². The number of nitrogens with one attached hydrogen (secondary N) is 2. The van der Waals surface area contributed by atoms with Gasteiger partial charge in [-0.1, -0.05) is 12.1 Å². The lowest BCUT2D eigenvalue weighted by Crippen LogP contribution is -2.22. The number of carbonyl (C=O) groups is 2. The van der Waals surface area contributed by atoms with E-state index < -0.39 is 0 Å². The van der Waals surface area contributed by atoms with Gasteiger partial charge in [0.2, 0.25) is 0 Å². The summed E-state index contributed by atoms with van der Waals surface area (Å²) in [6.45, 7) is 7.50. The highest BCUT2D eigenvalue weighted by Crippen LogP contribution is 2.30. The van der Waals surface area contributed by atoms with Crippen molar-refractivity contribution in [2.24, 2.45) is 5.10 Å². The molecule has 2 N–H and O–H groups in total. The van der Waals surface area contributed by atoms with Crippen molar-refractivity contribution in [2.75, 3.05) is 5.32 Å². The minimum Gasteiger partial charge on any atom is -0.469 e. The molecule has 4 rings (SSSR count). The molecule has 1 aromatic carbocycles.